The van der Waals surface area contributed by atoms with Crippen LogP contribution in [-0.2, 0) is 9.47 Å². The highest BCUT2D eigenvalue weighted by atomic mass is 16.7. The molecule has 2 rings (SSSR count). The van der Waals surface area contributed by atoms with Gasteiger partial charge >= 0.3 is 18.2 Å². The van der Waals surface area contributed by atoms with E-state index in [0.717, 1.165) is 0 Å². The maximum atomic E-state index is 13.2. The van der Waals surface area contributed by atoms with E-state index >= 15 is 0 Å². The van der Waals surface area contributed by atoms with Gasteiger partial charge < -0.3 is 29.0 Å². The molecular formula is C30H39NO9. The number of Topliss-reactive ketones (excluding diaryl/α,β-unsaturated/α-hetero) is 1. The summed E-state index contributed by atoms with van der Waals surface area (Å²) in [5.74, 6) is -0.840. The second kappa shape index (κ2) is 13.8. The molecule has 10 nitrogen and oxygen atoms in total. The Morgan fingerprint density at radius 2 is 1.48 bits per heavy atom. The number of amides is 1. The van der Waals surface area contributed by atoms with Gasteiger partial charge in [-0.1, -0.05) is 18.2 Å². The zero-order chi connectivity index (χ0) is 30.1. The minimum atomic E-state index is -1.04. The molecule has 0 aliphatic heterocycles. The number of ketones is 1. The third-order valence-corrected chi connectivity index (χ3v) is 5.23. The lowest BCUT2D eigenvalue weighted by atomic mass is 9.97. The molecule has 1 amide bonds. The van der Waals surface area contributed by atoms with Crippen LogP contribution in [0.25, 0.3) is 0 Å². The Bertz CT molecular complexity index is 1210. The molecule has 0 saturated heterocycles. The molecule has 0 spiro atoms. The second-order valence-electron chi connectivity index (χ2n) is 11.0. The zero-order valence-corrected chi connectivity index (χ0v) is 24.5. The summed E-state index contributed by atoms with van der Waals surface area (Å²) in [6.45, 7) is 12.2. The molecule has 0 bridgehead atoms. The number of carbonyl (C=O) groups excluding carboxylic acids is 4. The van der Waals surface area contributed by atoms with Gasteiger partial charge in [-0.2, -0.15) is 0 Å². The Morgan fingerprint density at radius 1 is 0.850 bits per heavy atom. The number of methoxy groups -OCH3 is 1. The van der Waals surface area contributed by atoms with Crippen molar-refractivity contribution in [3.63, 3.8) is 0 Å². The van der Waals surface area contributed by atoms with Crippen molar-refractivity contribution in [3.8, 4) is 17.2 Å². The Morgan fingerprint density at radius 3 is 2.05 bits per heavy atom. The molecule has 2 aromatic carbocycles. The number of unbranched alkanes of at least 4 members (excludes halogenated alkanes) is 1. The van der Waals surface area contributed by atoms with Crippen molar-refractivity contribution in [2.45, 2.75) is 78.9 Å². The van der Waals surface area contributed by atoms with E-state index in [0.29, 0.717) is 19.4 Å². The molecule has 1 N–H and O–H groups in total. The number of benzene rings is 2. The van der Waals surface area contributed by atoms with Crippen LogP contribution in [0.15, 0.2) is 36.4 Å². The van der Waals surface area contributed by atoms with Gasteiger partial charge in [-0.05, 0) is 79.5 Å². The fourth-order valence-corrected chi connectivity index (χ4v) is 3.63. The quantitative estimate of drug-likeness (QED) is 0.116. The van der Waals surface area contributed by atoms with Gasteiger partial charge in [-0.15, -0.1) is 0 Å². The molecule has 0 atom stereocenters. The van der Waals surface area contributed by atoms with Crippen molar-refractivity contribution in [2.24, 2.45) is 0 Å². The fraction of sp³-hybridized carbons (Fsp3) is 0.467. The first kappa shape index (κ1) is 32.1. The van der Waals surface area contributed by atoms with Crippen LogP contribution in [0.4, 0.5) is 9.59 Å². The van der Waals surface area contributed by atoms with Crippen molar-refractivity contribution in [1.29, 1.82) is 0 Å². The molecular weight excluding hydrogens is 518 g/mol. The molecule has 40 heavy (non-hydrogen) atoms. The lowest BCUT2D eigenvalue weighted by Gasteiger charge is -2.21. The number of esters is 1. The first-order valence-corrected chi connectivity index (χ1v) is 13.0. The first-order valence-electron chi connectivity index (χ1n) is 13.0. The molecule has 218 valence electrons. The summed E-state index contributed by atoms with van der Waals surface area (Å²) in [7, 11) is 1.38. The molecule has 0 aliphatic carbocycles. The Balaban J connectivity index is 2.29. The lowest BCUT2D eigenvalue weighted by molar-refractivity contribution is 0.0203. The summed E-state index contributed by atoms with van der Waals surface area (Å²) < 4.78 is 26.9. The van der Waals surface area contributed by atoms with E-state index < -0.39 is 29.4 Å². The molecule has 0 aromatic heterocycles. The topological polar surface area (TPSA) is 126 Å². The minimum absolute atomic E-state index is 0.0790. The largest absolute Gasteiger partial charge is 0.514 e. The van der Waals surface area contributed by atoms with Gasteiger partial charge in [-0.25, -0.2) is 14.4 Å². The molecule has 10 heteroatoms. The van der Waals surface area contributed by atoms with Crippen LogP contribution in [0.2, 0.25) is 0 Å². The number of carbonyl (C=O) groups is 4. The Kier molecular flexibility index (Phi) is 11.1. The van der Waals surface area contributed by atoms with E-state index in [4.69, 9.17) is 23.7 Å². The van der Waals surface area contributed by atoms with Crippen molar-refractivity contribution >= 4 is 24.0 Å². The van der Waals surface area contributed by atoms with Gasteiger partial charge in [0.2, 0.25) is 0 Å². The SMILES string of the molecule is COc1c(C(=O)CCCCNC(=O)OC(C)(C)C)cc(OC(=O)OC(C)(C)C)c(C(=O)Oc2ccccc2)c1C. The number of alkyl carbamates (subject to hydrolysis) is 1. The standard InChI is InChI=1S/C30H39NO9/c1-19-24(26(33)37-20-14-10-9-11-15-20)23(38-28(35)40-30(5,6)7)18-21(25(19)36-8)22(32)16-12-13-17-31-27(34)39-29(2,3)4/h9-11,14-15,18H,12-13,16-17H2,1-8H3,(H,31,34). The van der Waals surface area contributed by atoms with Crippen LogP contribution >= 0.6 is 0 Å². The second-order valence-corrected chi connectivity index (χ2v) is 11.0. The number of para-hydroxylation sites is 1. The number of hydrogen-bond donors (Lipinski definition) is 1. The average molecular weight is 558 g/mol. The smallest absolute Gasteiger partial charge is 0.496 e. The van der Waals surface area contributed by atoms with Crippen LogP contribution in [-0.4, -0.2) is 48.9 Å². The lowest BCUT2D eigenvalue weighted by Crippen LogP contribution is -2.33. The minimum Gasteiger partial charge on any atom is -0.496 e. The molecule has 0 radical (unpaired) electrons. The monoisotopic (exact) mass is 557 g/mol. The Labute approximate surface area is 235 Å². The van der Waals surface area contributed by atoms with E-state index in [2.05, 4.69) is 5.32 Å². The fourth-order valence-electron chi connectivity index (χ4n) is 3.63. The molecule has 2 aromatic rings. The number of rotatable bonds is 10. The molecule has 0 heterocycles. The average Bonchev–Trinajstić information content (AvgIpc) is 2.81. The predicted molar refractivity (Wildman–Crippen MR) is 148 cm³/mol. The molecule has 0 aliphatic rings. The molecule has 0 unspecified atom stereocenters. The van der Waals surface area contributed by atoms with Gasteiger partial charge in [-0.3, -0.25) is 4.79 Å². The summed E-state index contributed by atoms with van der Waals surface area (Å²) in [5, 5.41) is 2.65. The third kappa shape index (κ3) is 10.2. The summed E-state index contributed by atoms with van der Waals surface area (Å²) >= 11 is 0. The maximum absolute atomic E-state index is 13.2. The van der Waals surface area contributed by atoms with Crippen LogP contribution in [0.3, 0.4) is 0 Å². The van der Waals surface area contributed by atoms with Crippen molar-refractivity contribution in [2.75, 3.05) is 13.7 Å². The van der Waals surface area contributed by atoms with Crippen LogP contribution in [0, 0.1) is 6.92 Å². The van der Waals surface area contributed by atoms with Gasteiger partial charge in [0.25, 0.3) is 0 Å². The van der Waals surface area contributed by atoms with Crippen LogP contribution in [0.5, 0.6) is 17.2 Å². The highest BCUT2D eigenvalue weighted by Crippen LogP contribution is 2.36. The van der Waals surface area contributed by atoms with Crippen molar-refractivity contribution < 1.29 is 42.9 Å². The highest BCUT2D eigenvalue weighted by Gasteiger charge is 2.29. The van der Waals surface area contributed by atoms with E-state index in [-0.39, 0.29) is 46.1 Å². The maximum Gasteiger partial charge on any atom is 0.514 e. The highest BCUT2D eigenvalue weighted by molar-refractivity contribution is 6.04. The molecule has 0 saturated carbocycles. The third-order valence-electron chi connectivity index (χ3n) is 5.23. The van der Waals surface area contributed by atoms with Gasteiger partial charge in [0.05, 0.1) is 12.7 Å². The van der Waals surface area contributed by atoms with Crippen molar-refractivity contribution in [1.82, 2.24) is 5.32 Å². The number of nitrogens with one attached hydrogen (secondary N) is 1. The van der Waals surface area contributed by atoms with Gasteiger partial charge in [0.15, 0.2) is 5.78 Å². The molecule has 0 fully saturated rings. The van der Waals surface area contributed by atoms with E-state index in [1.165, 1.54) is 13.2 Å². The van der Waals surface area contributed by atoms with Gasteiger partial charge in [0, 0.05) is 18.5 Å². The predicted octanol–water partition coefficient (Wildman–Crippen LogP) is 6.41. The van der Waals surface area contributed by atoms with Gasteiger partial charge in [0.1, 0.15) is 34.0 Å². The zero-order valence-electron chi connectivity index (χ0n) is 24.5. The summed E-state index contributed by atoms with van der Waals surface area (Å²) in [4.78, 5) is 50.8. The van der Waals surface area contributed by atoms with E-state index in [9.17, 15) is 19.2 Å². The summed E-state index contributed by atoms with van der Waals surface area (Å²) in [6, 6.07) is 9.69. The van der Waals surface area contributed by atoms with Crippen LogP contribution < -0.4 is 19.5 Å². The summed E-state index contributed by atoms with van der Waals surface area (Å²) in [6.07, 6.45) is -0.479. The van der Waals surface area contributed by atoms with Crippen LogP contribution in [0.1, 0.15) is 87.1 Å². The van der Waals surface area contributed by atoms with E-state index in [1.807, 2.05) is 0 Å². The Hall–Kier alpha value is -4.08. The van der Waals surface area contributed by atoms with Crippen molar-refractivity contribution in [3.05, 3.63) is 53.1 Å². The number of hydrogen-bond acceptors (Lipinski definition) is 9. The van der Waals surface area contributed by atoms with E-state index in [1.54, 1.807) is 78.8 Å². The normalized spacial score (nSPS) is 11.3. The first-order chi connectivity index (χ1) is 18.6. The number of ether oxygens (including phenoxy) is 5. The summed E-state index contributed by atoms with van der Waals surface area (Å²) in [5.41, 5.74) is -1.14.